The zero-order valence-electron chi connectivity index (χ0n) is 11.6. The third-order valence-electron chi connectivity index (χ3n) is 3.48. The second-order valence-corrected chi connectivity index (χ2v) is 12.3. The van der Waals surface area contributed by atoms with Crippen molar-refractivity contribution in [2.24, 2.45) is 5.41 Å². The van der Waals surface area contributed by atoms with Crippen molar-refractivity contribution in [3.05, 3.63) is 24.3 Å². The van der Waals surface area contributed by atoms with Gasteiger partial charge in [0.2, 0.25) is 0 Å². The molecule has 1 unspecified atom stereocenters. The Bertz CT molecular complexity index is 270. The highest BCUT2D eigenvalue weighted by Crippen LogP contribution is 2.39. The maximum absolute atomic E-state index is 3.84. The van der Waals surface area contributed by atoms with Crippen LogP contribution >= 0.6 is 0 Å². The number of hydrogen-bond donors (Lipinski definition) is 0. The Morgan fingerprint density at radius 1 is 1.44 bits per heavy atom. The van der Waals surface area contributed by atoms with Gasteiger partial charge in [-0.25, -0.2) is 0 Å². The average molecular weight is 236 g/mol. The molecule has 92 valence electrons. The molecule has 1 rings (SSSR count). The molecule has 1 heteroatoms. The van der Waals surface area contributed by atoms with E-state index in [0.29, 0.717) is 5.41 Å². The summed E-state index contributed by atoms with van der Waals surface area (Å²) in [6.07, 6.45) is 11.2. The van der Waals surface area contributed by atoms with Crippen molar-refractivity contribution in [2.75, 3.05) is 0 Å². The van der Waals surface area contributed by atoms with Crippen LogP contribution in [0.15, 0.2) is 24.3 Å². The van der Waals surface area contributed by atoms with Gasteiger partial charge in [0.15, 0.2) is 0 Å². The topological polar surface area (TPSA) is 0 Å². The maximum atomic E-state index is 3.84. The van der Waals surface area contributed by atoms with E-state index >= 15 is 0 Å². The molecule has 0 aromatic rings. The van der Waals surface area contributed by atoms with Crippen molar-refractivity contribution < 1.29 is 0 Å². The van der Waals surface area contributed by atoms with Gasteiger partial charge in [-0.2, -0.15) is 0 Å². The van der Waals surface area contributed by atoms with Crippen LogP contribution in [0.25, 0.3) is 0 Å². The lowest BCUT2D eigenvalue weighted by Gasteiger charge is -2.33. The highest BCUT2D eigenvalue weighted by molar-refractivity contribution is 6.76. The summed E-state index contributed by atoms with van der Waals surface area (Å²) in [6.45, 7) is 13.7. The zero-order valence-corrected chi connectivity index (χ0v) is 12.6. The van der Waals surface area contributed by atoms with E-state index in [1.54, 1.807) is 5.57 Å². The van der Waals surface area contributed by atoms with Crippen LogP contribution in [-0.4, -0.2) is 8.07 Å². The molecular weight excluding hydrogens is 208 g/mol. The van der Waals surface area contributed by atoms with Crippen LogP contribution in [0.3, 0.4) is 0 Å². The van der Waals surface area contributed by atoms with Gasteiger partial charge in [-0.3, -0.25) is 0 Å². The summed E-state index contributed by atoms with van der Waals surface area (Å²) in [4.78, 5) is 0. The molecule has 0 saturated heterocycles. The lowest BCUT2D eigenvalue weighted by Crippen LogP contribution is -2.24. The SMILES string of the molecule is C=CCCC1(C)C=C(C[Si](C)(C)C)CCC1. The van der Waals surface area contributed by atoms with E-state index in [1.165, 1.54) is 31.7 Å². The van der Waals surface area contributed by atoms with E-state index in [1.807, 2.05) is 0 Å². The van der Waals surface area contributed by atoms with E-state index in [2.05, 4.69) is 45.3 Å². The van der Waals surface area contributed by atoms with Crippen molar-refractivity contribution in [2.45, 2.75) is 64.7 Å². The Balaban J connectivity index is 2.67. The lowest BCUT2D eigenvalue weighted by atomic mass is 9.75. The highest BCUT2D eigenvalue weighted by atomic mass is 28.3. The largest absolute Gasteiger partial charge is 0.103 e. The van der Waals surface area contributed by atoms with E-state index in [-0.39, 0.29) is 0 Å². The molecular formula is C15H28Si. The molecule has 0 N–H and O–H groups in total. The summed E-state index contributed by atoms with van der Waals surface area (Å²) in [5.41, 5.74) is 2.21. The summed E-state index contributed by atoms with van der Waals surface area (Å²) in [5, 5.41) is 0. The first-order valence-electron chi connectivity index (χ1n) is 6.66. The van der Waals surface area contributed by atoms with Crippen LogP contribution in [0.2, 0.25) is 25.7 Å². The Hall–Kier alpha value is -0.303. The van der Waals surface area contributed by atoms with Crippen LogP contribution in [0.5, 0.6) is 0 Å². The second kappa shape index (κ2) is 5.35. The van der Waals surface area contributed by atoms with Gasteiger partial charge in [0.1, 0.15) is 0 Å². The summed E-state index contributed by atoms with van der Waals surface area (Å²) < 4.78 is 0. The molecule has 1 aliphatic rings. The molecule has 1 aliphatic carbocycles. The Kier molecular flexibility index (Phi) is 4.60. The molecule has 1 atom stereocenters. The fraction of sp³-hybridized carbons (Fsp3) is 0.733. The molecule has 0 aliphatic heterocycles. The first-order valence-corrected chi connectivity index (χ1v) is 10.4. The zero-order chi connectivity index (χ0) is 12.2. The standard InChI is InChI=1S/C15H28Si/c1-6-7-10-15(2)11-8-9-14(12-15)13-16(3,4)5/h6,12H,1,7-11,13H2,2-5H3. The fourth-order valence-electron chi connectivity index (χ4n) is 2.81. The number of rotatable bonds is 5. The molecule has 0 fully saturated rings. The lowest BCUT2D eigenvalue weighted by molar-refractivity contribution is 0.334. The first kappa shape index (κ1) is 13.8. The first-order chi connectivity index (χ1) is 7.35. The minimum atomic E-state index is -0.927. The van der Waals surface area contributed by atoms with Gasteiger partial charge in [0.25, 0.3) is 0 Å². The molecule has 0 nitrogen and oxygen atoms in total. The second-order valence-electron chi connectivity index (χ2n) is 6.87. The van der Waals surface area contributed by atoms with Gasteiger partial charge in [-0.1, -0.05) is 44.3 Å². The minimum absolute atomic E-state index is 0.460. The van der Waals surface area contributed by atoms with Crippen LogP contribution in [0.1, 0.15) is 39.0 Å². The minimum Gasteiger partial charge on any atom is -0.103 e. The third kappa shape index (κ3) is 4.69. The molecule has 16 heavy (non-hydrogen) atoms. The van der Waals surface area contributed by atoms with Gasteiger partial charge in [-0.05, 0) is 43.6 Å². The number of hydrogen-bond acceptors (Lipinski definition) is 0. The van der Waals surface area contributed by atoms with E-state index in [0.717, 1.165) is 6.42 Å². The van der Waals surface area contributed by atoms with Crippen molar-refractivity contribution in [1.29, 1.82) is 0 Å². The van der Waals surface area contributed by atoms with Crippen molar-refractivity contribution >= 4 is 8.07 Å². The van der Waals surface area contributed by atoms with Crippen molar-refractivity contribution in [1.82, 2.24) is 0 Å². The Morgan fingerprint density at radius 2 is 2.12 bits per heavy atom. The summed E-state index contributed by atoms with van der Waals surface area (Å²) in [5.74, 6) is 0. The van der Waals surface area contributed by atoms with Crippen molar-refractivity contribution in [3.8, 4) is 0 Å². The van der Waals surface area contributed by atoms with Gasteiger partial charge in [0, 0.05) is 8.07 Å². The predicted octanol–water partition coefficient (Wildman–Crippen LogP) is 5.41. The molecule has 0 heterocycles. The van der Waals surface area contributed by atoms with Gasteiger partial charge >= 0.3 is 0 Å². The average Bonchev–Trinajstić information content (AvgIpc) is 2.12. The maximum Gasteiger partial charge on any atom is 0.0483 e. The Morgan fingerprint density at radius 3 is 2.69 bits per heavy atom. The molecule has 0 bridgehead atoms. The van der Waals surface area contributed by atoms with Gasteiger partial charge < -0.3 is 0 Å². The summed E-state index contributed by atoms with van der Waals surface area (Å²) >= 11 is 0. The summed E-state index contributed by atoms with van der Waals surface area (Å²) in [6, 6.07) is 1.40. The predicted molar refractivity (Wildman–Crippen MR) is 77.6 cm³/mol. The molecule has 0 spiro atoms. The van der Waals surface area contributed by atoms with Crippen LogP contribution < -0.4 is 0 Å². The van der Waals surface area contributed by atoms with Crippen LogP contribution in [0, 0.1) is 5.41 Å². The van der Waals surface area contributed by atoms with Crippen LogP contribution in [-0.2, 0) is 0 Å². The smallest absolute Gasteiger partial charge is 0.0483 e. The monoisotopic (exact) mass is 236 g/mol. The van der Waals surface area contributed by atoms with Gasteiger partial charge in [-0.15, -0.1) is 6.58 Å². The summed E-state index contributed by atoms with van der Waals surface area (Å²) in [7, 11) is -0.927. The van der Waals surface area contributed by atoms with Gasteiger partial charge in [0.05, 0.1) is 0 Å². The molecule has 0 amide bonds. The quantitative estimate of drug-likeness (QED) is 0.442. The highest BCUT2D eigenvalue weighted by Gasteiger charge is 2.26. The molecule has 0 aromatic heterocycles. The molecule has 0 saturated carbocycles. The van der Waals surface area contributed by atoms with E-state index < -0.39 is 8.07 Å². The van der Waals surface area contributed by atoms with E-state index in [4.69, 9.17) is 0 Å². The molecule has 0 radical (unpaired) electrons. The number of allylic oxidation sites excluding steroid dienone is 3. The molecule has 0 aromatic carbocycles. The Labute approximate surface area is 103 Å². The van der Waals surface area contributed by atoms with Crippen LogP contribution in [0.4, 0.5) is 0 Å². The normalized spacial score (nSPS) is 26.4. The third-order valence-corrected chi connectivity index (χ3v) is 4.99. The van der Waals surface area contributed by atoms with Crippen molar-refractivity contribution in [3.63, 3.8) is 0 Å². The van der Waals surface area contributed by atoms with E-state index in [9.17, 15) is 0 Å². The fourth-order valence-corrected chi connectivity index (χ4v) is 4.45.